The number of rotatable bonds is 5. The molecule has 5 rings (SSSR count). The van der Waals surface area contributed by atoms with Crippen molar-refractivity contribution in [3.63, 3.8) is 0 Å². The second-order valence-electron chi connectivity index (χ2n) is 10.7. The van der Waals surface area contributed by atoms with E-state index >= 15 is 0 Å². The SMILES string of the molecule is CCc1nn2c(C)cc(N3CCN(C(=O)OC(C)(C)C)CC3)cc2c1Nc1nc(-c2ccc(F)cc2)c(C#N)s1. The number of hydrogen-bond donors (Lipinski definition) is 1. The molecule has 4 aromatic rings. The zero-order chi connectivity index (χ0) is 28.6. The van der Waals surface area contributed by atoms with Crippen LogP contribution in [0.1, 0.15) is 44.0 Å². The van der Waals surface area contributed by atoms with Crippen molar-refractivity contribution in [3.8, 4) is 17.3 Å². The maximum atomic E-state index is 13.5. The fraction of sp³-hybridized carbons (Fsp3) is 0.379. The topological polar surface area (TPSA) is 98.8 Å². The quantitative estimate of drug-likeness (QED) is 0.312. The molecular formula is C29H32FN7O2S. The molecule has 0 aliphatic carbocycles. The highest BCUT2D eigenvalue weighted by Crippen LogP contribution is 2.36. The number of anilines is 3. The minimum absolute atomic E-state index is 0.283. The van der Waals surface area contributed by atoms with Crippen LogP contribution in [0, 0.1) is 24.1 Å². The summed E-state index contributed by atoms with van der Waals surface area (Å²) in [6, 6.07) is 12.4. The molecule has 1 aliphatic rings. The van der Waals surface area contributed by atoms with Gasteiger partial charge in [0.1, 0.15) is 28.1 Å². The molecule has 0 atom stereocenters. The molecule has 1 N–H and O–H groups in total. The van der Waals surface area contributed by atoms with Crippen LogP contribution >= 0.6 is 11.3 Å². The molecule has 0 radical (unpaired) electrons. The van der Waals surface area contributed by atoms with Crippen LogP contribution in [0.4, 0.5) is 25.7 Å². The van der Waals surface area contributed by atoms with Crippen LogP contribution in [0.25, 0.3) is 16.8 Å². The number of nitrogens with zero attached hydrogens (tertiary/aromatic N) is 6. The van der Waals surface area contributed by atoms with Crippen LogP contribution in [-0.4, -0.2) is 57.4 Å². The summed E-state index contributed by atoms with van der Waals surface area (Å²) in [6.45, 7) is 12.2. The largest absolute Gasteiger partial charge is 0.444 e. The van der Waals surface area contributed by atoms with Crippen LogP contribution in [0.5, 0.6) is 0 Å². The van der Waals surface area contributed by atoms with Gasteiger partial charge in [0.15, 0.2) is 5.13 Å². The fourth-order valence-electron chi connectivity index (χ4n) is 4.74. The number of thiazole rings is 1. The number of benzene rings is 1. The van der Waals surface area contributed by atoms with Gasteiger partial charge in [0, 0.05) is 43.1 Å². The normalized spacial score (nSPS) is 13.9. The van der Waals surface area contributed by atoms with Gasteiger partial charge in [-0.15, -0.1) is 0 Å². The first-order valence-electron chi connectivity index (χ1n) is 13.3. The first-order chi connectivity index (χ1) is 19.1. The number of fused-ring (bicyclic) bond motifs is 1. The monoisotopic (exact) mass is 561 g/mol. The molecule has 1 aromatic carbocycles. The molecule has 11 heteroatoms. The number of hydrogen-bond acceptors (Lipinski definition) is 8. The highest BCUT2D eigenvalue weighted by Gasteiger charge is 2.27. The van der Waals surface area contributed by atoms with Crippen molar-refractivity contribution in [2.45, 2.75) is 46.6 Å². The van der Waals surface area contributed by atoms with Crippen molar-refractivity contribution in [3.05, 3.63) is 58.5 Å². The van der Waals surface area contributed by atoms with Gasteiger partial charge in [0.2, 0.25) is 0 Å². The Bertz CT molecular complexity index is 1590. The number of aromatic nitrogens is 3. The van der Waals surface area contributed by atoms with E-state index in [4.69, 9.17) is 9.84 Å². The van der Waals surface area contributed by atoms with Gasteiger partial charge in [-0.2, -0.15) is 10.4 Å². The summed E-state index contributed by atoms with van der Waals surface area (Å²) in [4.78, 5) is 21.7. The molecule has 1 amide bonds. The van der Waals surface area contributed by atoms with Gasteiger partial charge in [0.05, 0.1) is 16.9 Å². The lowest BCUT2D eigenvalue weighted by Crippen LogP contribution is -2.50. The van der Waals surface area contributed by atoms with Crippen LogP contribution < -0.4 is 10.2 Å². The first-order valence-corrected chi connectivity index (χ1v) is 14.1. The van der Waals surface area contributed by atoms with Crippen molar-refractivity contribution in [1.29, 1.82) is 5.26 Å². The maximum absolute atomic E-state index is 13.5. The van der Waals surface area contributed by atoms with Gasteiger partial charge < -0.3 is 19.9 Å². The first kappa shape index (κ1) is 27.4. The van der Waals surface area contributed by atoms with E-state index in [0.29, 0.717) is 53.9 Å². The van der Waals surface area contributed by atoms with Gasteiger partial charge >= 0.3 is 6.09 Å². The molecule has 0 spiro atoms. The molecule has 208 valence electrons. The average molecular weight is 562 g/mol. The van der Waals surface area contributed by atoms with Gasteiger partial charge in [-0.1, -0.05) is 18.3 Å². The lowest BCUT2D eigenvalue weighted by Gasteiger charge is -2.37. The summed E-state index contributed by atoms with van der Waals surface area (Å²) in [5.74, 6) is -0.341. The van der Waals surface area contributed by atoms with Gasteiger partial charge in [-0.3, -0.25) is 0 Å². The van der Waals surface area contributed by atoms with Crippen molar-refractivity contribution < 1.29 is 13.9 Å². The molecule has 1 aliphatic heterocycles. The fourth-order valence-corrected chi connectivity index (χ4v) is 5.53. The van der Waals surface area contributed by atoms with E-state index in [-0.39, 0.29) is 11.9 Å². The number of aryl methyl sites for hydroxylation is 2. The van der Waals surface area contributed by atoms with E-state index in [0.717, 1.165) is 28.3 Å². The number of carbonyl (C=O) groups is 1. The van der Waals surface area contributed by atoms with E-state index in [1.165, 1.54) is 23.5 Å². The van der Waals surface area contributed by atoms with Crippen LogP contribution in [-0.2, 0) is 11.2 Å². The predicted molar refractivity (Wildman–Crippen MR) is 155 cm³/mol. The summed E-state index contributed by atoms with van der Waals surface area (Å²) in [5.41, 5.74) is 5.32. The van der Waals surface area contributed by atoms with Crippen LogP contribution in [0.2, 0.25) is 0 Å². The number of piperazine rings is 1. The predicted octanol–water partition coefficient (Wildman–Crippen LogP) is 6.14. The molecule has 9 nitrogen and oxygen atoms in total. The minimum Gasteiger partial charge on any atom is -0.444 e. The van der Waals surface area contributed by atoms with Crippen molar-refractivity contribution in [1.82, 2.24) is 19.5 Å². The third-order valence-corrected chi connectivity index (χ3v) is 7.55. The van der Waals surface area contributed by atoms with Crippen LogP contribution in [0.3, 0.4) is 0 Å². The number of pyridine rings is 1. The standard InChI is InChI=1S/C29H32FN7O2S/c1-6-22-26(33-27-32-25(24(17-31)40-27)19-7-9-20(30)10-8-19)23-16-21(15-18(2)37(23)34-22)35-11-13-36(14-12-35)28(38)39-29(3,4)5/h7-10,15-16H,6,11-14H2,1-5H3,(H,32,33). The molecular weight excluding hydrogens is 529 g/mol. The third-order valence-electron chi connectivity index (χ3n) is 6.68. The van der Waals surface area contributed by atoms with Gasteiger partial charge in [-0.05, 0) is 70.5 Å². The maximum Gasteiger partial charge on any atom is 0.410 e. The van der Waals surface area contributed by atoms with Gasteiger partial charge in [-0.25, -0.2) is 18.7 Å². The van der Waals surface area contributed by atoms with Crippen molar-refractivity contribution in [2.24, 2.45) is 0 Å². The summed E-state index contributed by atoms with van der Waals surface area (Å²) >= 11 is 1.25. The second kappa shape index (κ2) is 10.8. The van der Waals surface area contributed by atoms with E-state index < -0.39 is 5.60 Å². The Labute approximate surface area is 236 Å². The minimum atomic E-state index is -0.524. The molecule has 3 aromatic heterocycles. The number of nitrogens with one attached hydrogen (secondary N) is 1. The van der Waals surface area contributed by atoms with Gasteiger partial charge in [0.25, 0.3) is 0 Å². The molecule has 0 saturated carbocycles. The Balaban J connectivity index is 1.43. The third kappa shape index (κ3) is 5.58. The van der Waals surface area contributed by atoms with E-state index in [1.807, 2.05) is 39.1 Å². The highest BCUT2D eigenvalue weighted by molar-refractivity contribution is 7.16. The number of carbonyl (C=O) groups excluding carboxylic acids is 1. The summed E-state index contributed by atoms with van der Waals surface area (Å²) in [6.07, 6.45) is 0.420. The lowest BCUT2D eigenvalue weighted by molar-refractivity contribution is 0.0240. The molecule has 0 bridgehead atoms. The highest BCUT2D eigenvalue weighted by atomic mass is 32.1. The Morgan fingerprint density at radius 2 is 1.88 bits per heavy atom. The Hall–Kier alpha value is -4.17. The van der Waals surface area contributed by atoms with E-state index in [2.05, 4.69) is 33.4 Å². The number of ether oxygens (including phenoxy) is 1. The molecule has 1 fully saturated rings. The Kier molecular flexibility index (Phi) is 7.38. The number of amides is 1. The van der Waals surface area contributed by atoms with E-state index in [1.54, 1.807) is 17.0 Å². The Morgan fingerprint density at radius 1 is 1.18 bits per heavy atom. The number of nitriles is 1. The second-order valence-corrected chi connectivity index (χ2v) is 11.7. The Morgan fingerprint density at radius 3 is 2.50 bits per heavy atom. The van der Waals surface area contributed by atoms with Crippen molar-refractivity contribution >= 4 is 39.5 Å². The summed E-state index contributed by atoms with van der Waals surface area (Å²) in [5, 5.41) is 18.6. The van der Waals surface area contributed by atoms with Crippen molar-refractivity contribution in [2.75, 3.05) is 36.4 Å². The molecule has 4 heterocycles. The summed E-state index contributed by atoms with van der Waals surface area (Å²) in [7, 11) is 0. The molecule has 40 heavy (non-hydrogen) atoms. The zero-order valence-electron chi connectivity index (χ0n) is 23.3. The van der Waals surface area contributed by atoms with E-state index in [9.17, 15) is 14.4 Å². The summed E-state index contributed by atoms with van der Waals surface area (Å²) < 4.78 is 20.9. The molecule has 0 unspecified atom stereocenters. The lowest BCUT2D eigenvalue weighted by atomic mass is 10.1. The zero-order valence-corrected chi connectivity index (χ0v) is 24.1. The smallest absolute Gasteiger partial charge is 0.410 e. The average Bonchev–Trinajstić information content (AvgIpc) is 3.50. The number of halogens is 1. The molecule has 1 saturated heterocycles. The van der Waals surface area contributed by atoms with Crippen LogP contribution in [0.15, 0.2) is 36.4 Å².